The predicted molar refractivity (Wildman–Crippen MR) is 47.5 cm³/mol. The molecule has 0 bridgehead atoms. The van der Waals surface area contributed by atoms with Crippen LogP contribution in [0, 0.1) is 0 Å². The number of hydrogen-bond acceptors (Lipinski definition) is 4. The van der Waals surface area contributed by atoms with Gasteiger partial charge in [-0.1, -0.05) is 0 Å². The Hall–Kier alpha value is -1.03. The van der Waals surface area contributed by atoms with Crippen molar-refractivity contribution in [1.82, 2.24) is 4.98 Å². The molecule has 1 aromatic rings. The number of hydrogen-bond donors (Lipinski definition) is 1. The van der Waals surface area contributed by atoms with Crippen LogP contribution in [-0.4, -0.2) is 17.6 Å². The molecule has 0 atom stereocenters. The van der Waals surface area contributed by atoms with Crippen LogP contribution in [0.15, 0.2) is 10.6 Å². The minimum atomic E-state index is 0.0834. The number of oxazole rings is 1. The van der Waals surface area contributed by atoms with Gasteiger partial charge in [-0.15, -0.1) is 0 Å². The minimum Gasteiger partial charge on any atom is -0.454 e. The minimum absolute atomic E-state index is 0.0834. The van der Waals surface area contributed by atoms with Crippen molar-refractivity contribution >= 4 is 0 Å². The molecule has 72 valence electrons. The lowest BCUT2D eigenvalue weighted by atomic mass is 10.1. The van der Waals surface area contributed by atoms with Crippen LogP contribution >= 0.6 is 0 Å². The van der Waals surface area contributed by atoms with Crippen LogP contribution in [0.5, 0.6) is 6.08 Å². The Morgan fingerprint density at radius 1 is 1.69 bits per heavy atom. The molecule has 1 aromatic heterocycles. The summed E-state index contributed by atoms with van der Waals surface area (Å²) in [7, 11) is 1.54. The Morgan fingerprint density at radius 3 is 3.00 bits per heavy atom. The maximum absolute atomic E-state index is 5.94. The highest BCUT2D eigenvalue weighted by molar-refractivity contribution is 5.04. The summed E-state index contributed by atoms with van der Waals surface area (Å²) in [6.45, 7) is 0. The third-order valence-corrected chi connectivity index (χ3v) is 2.47. The second-order valence-electron chi connectivity index (χ2n) is 3.66. The number of methoxy groups -OCH3 is 1. The number of ether oxygens (including phenoxy) is 1. The maximum Gasteiger partial charge on any atom is 0.393 e. The van der Waals surface area contributed by atoms with E-state index in [-0.39, 0.29) is 5.54 Å². The smallest absolute Gasteiger partial charge is 0.393 e. The molecule has 0 aliphatic heterocycles. The third kappa shape index (κ3) is 2.01. The van der Waals surface area contributed by atoms with Gasteiger partial charge >= 0.3 is 6.08 Å². The molecule has 4 nitrogen and oxygen atoms in total. The van der Waals surface area contributed by atoms with Gasteiger partial charge in [0.15, 0.2) is 0 Å². The highest BCUT2D eigenvalue weighted by Crippen LogP contribution is 2.36. The summed E-state index contributed by atoms with van der Waals surface area (Å²) in [4.78, 5) is 3.93. The predicted octanol–water partition coefficient (Wildman–Crippen LogP) is 1.11. The molecule has 0 unspecified atom stereocenters. The van der Waals surface area contributed by atoms with Crippen molar-refractivity contribution < 1.29 is 9.15 Å². The van der Waals surface area contributed by atoms with Gasteiger partial charge in [-0.25, -0.2) is 0 Å². The Kier molecular flexibility index (Phi) is 2.00. The van der Waals surface area contributed by atoms with Gasteiger partial charge in [0, 0.05) is 12.0 Å². The molecule has 0 aromatic carbocycles. The molecule has 0 amide bonds. The Labute approximate surface area is 77.1 Å². The molecular formula is C9H14N2O2. The standard InChI is InChI=1S/C9H14N2O2/c1-12-8-11-6-7(13-8)2-3-9(10)4-5-9/h6H,2-5,10H2,1H3. The van der Waals surface area contributed by atoms with Gasteiger partial charge in [-0.2, -0.15) is 4.98 Å². The van der Waals surface area contributed by atoms with E-state index in [4.69, 9.17) is 14.9 Å². The van der Waals surface area contributed by atoms with Gasteiger partial charge < -0.3 is 14.9 Å². The average molecular weight is 182 g/mol. The van der Waals surface area contributed by atoms with E-state index < -0.39 is 0 Å². The van der Waals surface area contributed by atoms with E-state index in [0.29, 0.717) is 6.08 Å². The lowest BCUT2D eigenvalue weighted by molar-refractivity contribution is 0.279. The summed E-state index contributed by atoms with van der Waals surface area (Å²) in [5.74, 6) is 0.855. The molecule has 1 heterocycles. The van der Waals surface area contributed by atoms with Crippen molar-refractivity contribution in [3.8, 4) is 6.08 Å². The third-order valence-electron chi connectivity index (χ3n) is 2.47. The second kappa shape index (κ2) is 3.03. The molecule has 0 spiro atoms. The Balaban J connectivity index is 1.87. The fraction of sp³-hybridized carbons (Fsp3) is 0.667. The Bertz CT molecular complexity index is 292. The van der Waals surface area contributed by atoms with Crippen LogP contribution in [-0.2, 0) is 6.42 Å². The van der Waals surface area contributed by atoms with Gasteiger partial charge in [0.2, 0.25) is 0 Å². The number of nitrogens with two attached hydrogens (primary N) is 1. The largest absolute Gasteiger partial charge is 0.454 e. The first-order valence-electron chi connectivity index (χ1n) is 4.49. The van der Waals surface area contributed by atoms with Crippen LogP contribution in [0.3, 0.4) is 0 Å². The first kappa shape index (κ1) is 8.56. The molecule has 0 saturated heterocycles. The van der Waals surface area contributed by atoms with E-state index in [1.54, 1.807) is 13.3 Å². The number of nitrogens with zero attached hydrogens (tertiary/aromatic N) is 1. The van der Waals surface area contributed by atoms with E-state index in [1.165, 1.54) is 0 Å². The quantitative estimate of drug-likeness (QED) is 0.757. The summed E-state index contributed by atoms with van der Waals surface area (Å²) < 4.78 is 10.1. The lowest BCUT2D eigenvalue weighted by Crippen LogP contribution is -2.21. The summed E-state index contributed by atoms with van der Waals surface area (Å²) >= 11 is 0. The van der Waals surface area contributed by atoms with Crippen LogP contribution < -0.4 is 10.5 Å². The van der Waals surface area contributed by atoms with Gasteiger partial charge in [-0.3, -0.25) is 0 Å². The van der Waals surface area contributed by atoms with E-state index in [1.807, 2.05) is 0 Å². The molecule has 1 aliphatic rings. The zero-order valence-electron chi connectivity index (χ0n) is 7.75. The highest BCUT2D eigenvalue weighted by Gasteiger charge is 2.37. The topological polar surface area (TPSA) is 61.3 Å². The fourth-order valence-electron chi connectivity index (χ4n) is 1.28. The molecule has 4 heteroatoms. The number of aromatic nitrogens is 1. The van der Waals surface area contributed by atoms with Crippen LogP contribution in [0.1, 0.15) is 25.0 Å². The second-order valence-corrected chi connectivity index (χ2v) is 3.66. The molecule has 1 saturated carbocycles. The first-order valence-corrected chi connectivity index (χ1v) is 4.49. The van der Waals surface area contributed by atoms with Crippen LogP contribution in [0.2, 0.25) is 0 Å². The summed E-state index contributed by atoms with van der Waals surface area (Å²) in [5, 5.41) is 0. The molecule has 0 radical (unpaired) electrons. The van der Waals surface area contributed by atoms with Crippen molar-refractivity contribution in [3.63, 3.8) is 0 Å². The van der Waals surface area contributed by atoms with E-state index in [2.05, 4.69) is 4.98 Å². The van der Waals surface area contributed by atoms with Gasteiger partial charge in [0.1, 0.15) is 5.76 Å². The van der Waals surface area contributed by atoms with E-state index >= 15 is 0 Å². The van der Waals surface area contributed by atoms with Crippen molar-refractivity contribution in [2.75, 3.05) is 7.11 Å². The molecule has 1 aliphatic carbocycles. The zero-order chi connectivity index (χ0) is 9.31. The lowest BCUT2D eigenvalue weighted by Gasteiger charge is -2.04. The normalized spacial score (nSPS) is 18.6. The van der Waals surface area contributed by atoms with Gasteiger partial charge in [-0.05, 0) is 19.3 Å². The molecule has 1 fully saturated rings. The maximum atomic E-state index is 5.94. The highest BCUT2D eigenvalue weighted by atomic mass is 16.6. The molecule has 2 rings (SSSR count). The summed E-state index contributed by atoms with van der Waals surface area (Å²) in [5.41, 5.74) is 6.02. The summed E-state index contributed by atoms with van der Waals surface area (Å²) in [6.07, 6.45) is 6.14. The SMILES string of the molecule is COc1ncc(CCC2(N)CC2)o1. The fourth-order valence-corrected chi connectivity index (χ4v) is 1.28. The van der Waals surface area contributed by atoms with E-state index in [9.17, 15) is 0 Å². The zero-order valence-corrected chi connectivity index (χ0v) is 7.75. The van der Waals surface area contributed by atoms with Crippen molar-refractivity contribution in [2.24, 2.45) is 5.73 Å². The van der Waals surface area contributed by atoms with Crippen LogP contribution in [0.25, 0.3) is 0 Å². The van der Waals surface area contributed by atoms with Gasteiger partial charge in [0.25, 0.3) is 0 Å². The van der Waals surface area contributed by atoms with Crippen LogP contribution in [0.4, 0.5) is 0 Å². The Morgan fingerprint density at radius 2 is 2.46 bits per heavy atom. The number of rotatable bonds is 4. The number of aryl methyl sites for hydroxylation is 1. The molecular weight excluding hydrogens is 168 g/mol. The van der Waals surface area contributed by atoms with E-state index in [0.717, 1.165) is 31.4 Å². The van der Waals surface area contributed by atoms with Crippen molar-refractivity contribution in [1.29, 1.82) is 0 Å². The van der Waals surface area contributed by atoms with Gasteiger partial charge in [0.05, 0.1) is 13.3 Å². The molecule has 13 heavy (non-hydrogen) atoms. The average Bonchev–Trinajstić information content (AvgIpc) is 2.69. The molecule has 2 N–H and O–H groups in total. The van der Waals surface area contributed by atoms with Crippen molar-refractivity contribution in [2.45, 2.75) is 31.2 Å². The summed E-state index contributed by atoms with van der Waals surface area (Å²) in [6, 6.07) is 0. The first-order chi connectivity index (χ1) is 6.22. The van der Waals surface area contributed by atoms with Crippen molar-refractivity contribution in [3.05, 3.63) is 12.0 Å². The monoisotopic (exact) mass is 182 g/mol.